The van der Waals surface area contributed by atoms with E-state index in [0.717, 1.165) is 0 Å². The monoisotopic (exact) mass is 224 g/mol. The maximum atomic E-state index is 12.9. The fourth-order valence-corrected chi connectivity index (χ4v) is 1.11. The molecule has 0 spiro atoms. The van der Waals surface area contributed by atoms with Crippen LogP contribution in [0.1, 0.15) is 22.3 Å². The number of nitrogens with two attached hydrogens (primary N) is 1. The predicted octanol–water partition coefficient (Wildman–Crippen LogP) is 1.91. The van der Waals surface area contributed by atoms with Crippen molar-refractivity contribution in [2.24, 2.45) is 5.73 Å². The van der Waals surface area contributed by atoms with Gasteiger partial charge in [-0.15, -0.1) is 0 Å². The summed E-state index contributed by atoms with van der Waals surface area (Å²) in [4.78, 5) is 13.6. The number of pyridine rings is 1. The van der Waals surface area contributed by atoms with Crippen LogP contribution in [0.4, 0.5) is 13.2 Å². The number of rotatable bonds is 2. The molecular formula is C7H4ClF3N2O. The van der Waals surface area contributed by atoms with Crippen molar-refractivity contribution < 1.29 is 18.0 Å². The Hall–Kier alpha value is -1.30. The molecule has 1 aromatic rings. The largest absolute Gasteiger partial charge is 0.365 e. The molecule has 2 N–H and O–H groups in total. The van der Waals surface area contributed by atoms with E-state index >= 15 is 0 Å². The van der Waals surface area contributed by atoms with E-state index in [2.05, 4.69) is 4.98 Å². The highest BCUT2D eigenvalue weighted by atomic mass is 35.5. The molecular weight excluding hydrogens is 221 g/mol. The molecule has 1 aromatic heterocycles. The van der Waals surface area contributed by atoms with E-state index in [1.54, 1.807) is 0 Å². The Morgan fingerprint density at radius 1 is 1.57 bits per heavy atom. The highest BCUT2D eigenvalue weighted by Crippen LogP contribution is 2.26. The van der Waals surface area contributed by atoms with Gasteiger partial charge in [0.15, 0.2) is 0 Å². The minimum absolute atomic E-state index is 0.456. The Labute approximate surface area is 81.7 Å². The molecule has 0 aliphatic carbocycles. The molecule has 76 valence electrons. The highest BCUT2D eigenvalue weighted by Gasteiger charge is 2.22. The number of carbonyl (C=O) groups is 1. The number of nitrogens with zero attached hydrogens (tertiary/aromatic N) is 1. The minimum Gasteiger partial charge on any atom is -0.365 e. The summed E-state index contributed by atoms with van der Waals surface area (Å²) in [5, 5.41) is -0.456. The van der Waals surface area contributed by atoms with E-state index in [1.165, 1.54) is 0 Å². The van der Waals surface area contributed by atoms with E-state index in [9.17, 15) is 18.0 Å². The van der Waals surface area contributed by atoms with Crippen molar-refractivity contribution in [2.45, 2.75) is 6.43 Å². The molecule has 0 radical (unpaired) electrons. The van der Waals surface area contributed by atoms with Crippen molar-refractivity contribution in [3.05, 3.63) is 28.3 Å². The van der Waals surface area contributed by atoms with Crippen LogP contribution >= 0.6 is 11.6 Å². The maximum Gasteiger partial charge on any atom is 0.264 e. The van der Waals surface area contributed by atoms with E-state index in [1.807, 2.05) is 0 Å². The van der Waals surface area contributed by atoms with Gasteiger partial charge in [0.05, 0.1) is 0 Å². The highest BCUT2D eigenvalue weighted by molar-refractivity contribution is 6.29. The lowest BCUT2D eigenvalue weighted by Gasteiger charge is -2.06. The Bertz CT molecular complexity index is 383. The van der Waals surface area contributed by atoms with Gasteiger partial charge < -0.3 is 5.73 Å². The van der Waals surface area contributed by atoms with Gasteiger partial charge in [-0.25, -0.2) is 13.8 Å². The van der Waals surface area contributed by atoms with Crippen molar-refractivity contribution in [1.29, 1.82) is 0 Å². The molecule has 0 saturated carbocycles. The van der Waals surface area contributed by atoms with Crippen molar-refractivity contribution >= 4 is 17.5 Å². The Kier molecular flexibility index (Phi) is 2.95. The number of halogens is 4. The average Bonchev–Trinajstić information content (AvgIpc) is 2.01. The van der Waals surface area contributed by atoms with Crippen LogP contribution in [-0.2, 0) is 0 Å². The van der Waals surface area contributed by atoms with Gasteiger partial charge in [-0.05, 0) is 6.07 Å². The van der Waals surface area contributed by atoms with Gasteiger partial charge in [0, 0.05) is 5.56 Å². The molecule has 14 heavy (non-hydrogen) atoms. The first-order chi connectivity index (χ1) is 6.43. The third-order valence-electron chi connectivity index (χ3n) is 1.46. The predicted molar refractivity (Wildman–Crippen MR) is 42.7 cm³/mol. The molecule has 0 aromatic carbocycles. The molecule has 0 aliphatic heterocycles. The first-order valence-corrected chi connectivity index (χ1v) is 3.75. The average molecular weight is 225 g/mol. The van der Waals surface area contributed by atoms with Crippen LogP contribution in [0.2, 0.25) is 5.15 Å². The summed E-state index contributed by atoms with van der Waals surface area (Å²) >= 11 is 5.23. The van der Waals surface area contributed by atoms with Crippen LogP contribution in [0.3, 0.4) is 0 Å². The quantitative estimate of drug-likeness (QED) is 0.780. The summed E-state index contributed by atoms with van der Waals surface area (Å²) in [6.07, 6.45) is -3.03. The lowest BCUT2D eigenvalue weighted by Crippen LogP contribution is -2.17. The number of hydrogen-bond donors (Lipinski definition) is 1. The molecule has 1 rings (SSSR count). The minimum atomic E-state index is -3.03. The summed E-state index contributed by atoms with van der Waals surface area (Å²) < 4.78 is 37.5. The number of alkyl halides is 2. The van der Waals surface area contributed by atoms with Gasteiger partial charge in [0.2, 0.25) is 5.95 Å². The second-order valence-corrected chi connectivity index (χ2v) is 2.75. The first kappa shape index (κ1) is 10.8. The lowest BCUT2D eigenvalue weighted by molar-refractivity contribution is 0.0980. The van der Waals surface area contributed by atoms with Gasteiger partial charge >= 0.3 is 0 Å². The number of carbonyl (C=O) groups excluding carboxylic acids is 1. The van der Waals surface area contributed by atoms with Crippen LogP contribution in [0.5, 0.6) is 0 Å². The van der Waals surface area contributed by atoms with E-state index in [4.69, 9.17) is 17.3 Å². The zero-order valence-corrected chi connectivity index (χ0v) is 7.36. The van der Waals surface area contributed by atoms with Crippen LogP contribution in [0, 0.1) is 5.95 Å². The SMILES string of the molecule is NC(=O)c1c(C(F)F)cc(Cl)nc1F. The summed E-state index contributed by atoms with van der Waals surface area (Å²) in [6.45, 7) is 0. The van der Waals surface area contributed by atoms with Gasteiger partial charge in [-0.3, -0.25) is 4.79 Å². The van der Waals surface area contributed by atoms with Gasteiger partial charge in [0.25, 0.3) is 12.3 Å². The molecule has 0 atom stereocenters. The molecule has 0 saturated heterocycles. The van der Waals surface area contributed by atoms with E-state index in [-0.39, 0.29) is 0 Å². The normalized spacial score (nSPS) is 10.6. The summed E-state index contributed by atoms with van der Waals surface area (Å²) in [6, 6.07) is 0.704. The summed E-state index contributed by atoms with van der Waals surface area (Å²) in [5.74, 6) is -2.69. The van der Waals surface area contributed by atoms with Crippen molar-refractivity contribution in [2.75, 3.05) is 0 Å². The molecule has 0 aliphatic rings. The topological polar surface area (TPSA) is 56.0 Å². The second kappa shape index (κ2) is 3.83. The molecule has 7 heteroatoms. The fraction of sp³-hybridized carbons (Fsp3) is 0.143. The molecule has 0 unspecified atom stereocenters. The van der Waals surface area contributed by atoms with Gasteiger partial charge in [-0.1, -0.05) is 11.6 Å². The second-order valence-electron chi connectivity index (χ2n) is 2.36. The smallest absolute Gasteiger partial charge is 0.264 e. The van der Waals surface area contributed by atoms with Crippen molar-refractivity contribution in [1.82, 2.24) is 4.98 Å². The number of aromatic nitrogens is 1. The number of hydrogen-bond acceptors (Lipinski definition) is 2. The zero-order valence-electron chi connectivity index (χ0n) is 6.60. The van der Waals surface area contributed by atoms with Crippen molar-refractivity contribution in [3.63, 3.8) is 0 Å². The molecule has 1 heterocycles. The van der Waals surface area contributed by atoms with E-state index in [0.29, 0.717) is 6.07 Å². The standard InChI is InChI=1S/C7H4ClF3N2O/c8-3-1-2(5(9)10)4(7(12)14)6(11)13-3/h1,5H,(H2,12,14). The first-order valence-electron chi connectivity index (χ1n) is 3.37. The summed E-state index contributed by atoms with van der Waals surface area (Å²) in [5.41, 5.74) is 2.93. The maximum absolute atomic E-state index is 12.9. The third-order valence-corrected chi connectivity index (χ3v) is 1.65. The van der Waals surface area contributed by atoms with Crippen LogP contribution in [-0.4, -0.2) is 10.9 Å². The molecule has 0 fully saturated rings. The zero-order chi connectivity index (χ0) is 10.9. The Morgan fingerprint density at radius 2 is 2.14 bits per heavy atom. The lowest BCUT2D eigenvalue weighted by atomic mass is 10.1. The molecule has 0 bridgehead atoms. The van der Waals surface area contributed by atoms with Crippen molar-refractivity contribution in [3.8, 4) is 0 Å². The Balaban J connectivity index is 3.44. The molecule has 3 nitrogen and oxygen atoms in total. The number of amides is 1. The van der Waals surface area contributed by atoms with Gasteiger partial charge in [-0.2, -0.15) is 4.39 Å². The number of primary amides is 1. The fourth-order valence-electron chi connectivity index (χ4n) is 0.918. The van der Waals surface area contributed by atoms with E-state index < -0.39 is 34.6 Å². The molecule has 1 amide bonds. The van der Waals surface area contributed by atoms with Crippen LogP contribution in [0.25, 0.3) is 0 Å². The summed E-state index contributed by atoms with van der Waals surface area (Å²) in [7, 11) is 0. The van der Waals surface area contributed by atoms with Crippen LogP contribution < -0.4 is 5.73 Å². The van der Waals surface area contributed by atoms with Crippen LogP contribution in [0.15, 0.2) is 6.07 Å². The van der Waals surface area contributed by atoms with Gasteiger partial charge in [0.1, 0.15) is 10.7 Å². The Morgan fingerprint density at radius 3 is 2.57 bits per heavy atom. The third kappa shape index (κ3) is 1.95.